The summed E-state index contributed by atoms with van der Waals surface area (Å²) in [5, 5.41) is 0. The fourth-order valence-electron chi connectivity index (χ4n) is 2.61. The number of Topliss-reactive ketones (excluding diaryl/α,β-unsaturated/α-hetero) is 1. The van der Waals surface area contributed by atoms with Crippen molar-refractivity contribution < 1.29 is 14.0 Å². The quantitative estimate of drug-likeness (QED) is 0.588. The number of aryl methyl sites for hydroxylation is 1. The Hall–Kier alpha value is -1.71. The van der Waals surface area contributed by atoms with E-state index in [2.05, 4.69) is 6.92 Å². The summed E-state index contributed by atoms with van der Waals surface area (Å²) in [6.07, 6.45) is 5.21. The van der Waals surface area contributed by atoms with Crippen molar-refractivity contribution in [2.24, 2.45) is 0 Å². The molecule has 2 rings (SSSR count). The van der Waals surface area contributed by atoms with Gasteiger partial charge in [0.15, 0.2) is 0 Å². The third-order valence-corrected chi connectivity index (χ3v) is 3.65. The molecule has 4 heteroatoms. The minimum atomic E-state index is -0.597. The predicted octanol–water partition coefficient (Wildman–Crippen LogP) is 3.63. The number of anilines is 1. The van der Waals surface area contributed by atoms with Crippen LogP contribution in [0, 0.1) is 12.7 Å². The summed E-state index contributed by atoms with van der Waals surface area (Å²) < 4.78 is 14.0. The zero-order valence-corrected chi connectivity index (χ0v) is 12.0. The van der Waals surface area contributed by atoms with Gasteiger partial charge >= 0.3 is 0 Å². The van der Waals surface area contributed by atoms with Crippen LogP contribution in [0.3, 0.4) is 0 Å². The Morgan fingerprint density at radius 3 is 2.50 bits per heavy atom. The van der Waals surface area contributed by atoms with E-state index in [1.807, 2.05) is 0 Å². The average molecular weight is 277 g/mol. The number of benzene rings is 1. The molecule has 0 fully saturated rings. The van der Waals surface area contributed by atoms with Crippen molar-refractivity contribution in [1.82, 2.24) is 0 Å². The van der Waals surface area contributed by atoms with Crippen molar-refractivity contribution in [2.75, 3.05) is 11.4 Å². The van der Waals surface area contributed by atoms with Gasteiger partial charge in [-0.3, -0.25) is 9.59 Å². The van der Waals surface area contributed by atoms with Crippen molar-refractivity contribution in [3.8, 4) is 0 Å². The van der Waals surface area contributed by atoms with Crippen LogP contribution in [0.5, 0.6) is 0 Å². The summed E-state index contributed by atoms with van der Waals surface area (Å²) in [7, 11) is 0. The van der Waals surface area contributed by atoms with Gasteiger partial charge in [-0.05, 0) is 31.0 Å². The van der Waals surface area contributed by atoms with E-state index in [0.29, 0.717) is 12.1 Å². The van der Waals surface area contributed by atoms with Gasteiger partial charge < -0.3 is 4.90 Å². The molecule has 0 saturated carbocycles. The zero-order valence-electron chi connectivity index (χ0n) is 12.0. The molecular formula is C16H20FNO2. The van der Waals surface area contributed by atoms with Gasteiger partial charge in [0.05, 0.1) is 11.3 Å². The molecule has 3 nitrogen and oxygen atoms in total. The second kappa shape index (κ2) is 6.16. The van der Waals surface area contributed by atoms with E-state index >= 15 is 0 Å². The number of amides is 1. The van der Waals surface area contributed by atoms with Crippen LogP contribution < -0.4 is 4.90 Å². The van der Waals surface area contributed by atoms with Gasteiger partial charge in [0.2, 0.25) is 0 Å². The molecule has 1 aliphatic heterocycles. The Bertz CT molecular complexity index is 540. The van der Waals surface area contributed by atoms with Crippen LogP contribution in [0.25, 0.3) is 0 Å². The van der Waals surface area contributed by atoms with Crippen LogP contribution in [-0.4, -0.2) is 18.2 Å². The first-order valence-electron chi connectivity index (χ1n) is 7.22. The number of halogens is 1. The number of carbonyl (C=O) groups excluding carboxylic acids is 2. The van der Waals surface area contributed by atoms with Gasteiger partial charge in [0.1, 0.15) is 5.82 Å². The molecule has 0 spiro atoms. The molecule has 1 heterocycles. The van der Waals surface area contributed by atoms with Crippen molar-refractivity contribution in [3.63, 3.8) is 0 Å². The molecule has 1 aliphatic rings. The standard InChI is InChI=1S/C16H20FNO2/c1-3-4-5-6-7-8-18-14-12(15(19)16(18)20)9-11(2)10-13(14)17/h9-10H,3-8H2,1-2H3. The summed E-state index contributed by atoms with van der Waals surface area (Å²) in [6.45, 7) is 4.27. The highest BCUT2D eigenvalue weighted by atomic mass is 19.1. The van der Waals surface area contributed by atoms with Crippen molar-refractivity contribution in [2.45, 2.75) is 46.0 Å². The van der Waals surface area contributed by atoms with Crippen molar-refractivity contribution in [1.29, 1.82) is 0 Å². The van der Waals surface area contributed by atoms with Gasteiger partial charge in [-0.15, -0.1) is 0 Å². The highest BCUT2D eigenvalue weighted by Crippen LogP contribution is 2.33. The second-order valence-electron chi connectivity index (χ2n) is 5.34. The SMILES string of the molecule is CCCCCCCN1C(=O)C(=O)c2cc(C)cc(F)c21. The fraction of sp³-hybridized carbons (Fsp3) is 0.500. The summed E-state index contributed by atoms with van der Waals surface area (Å²) in [6, 6.07) is 2.96. The molecule has 0 radical (unpaired) electrons. The first-order valence-corrected chi connectivity index (χ1v) is 7.22. The minimum Gasteiger partial charge on any atom is -0.302 e. The molecule has 20 heavy (non-hydrogen) atoms. The largest absolute Gasteiger partial charge is 0.302 e. The van der Waals surface area contributed by atoms with Crippen LogP contribution >= 0.6 is 0 Å². The van der Waals surface area contributed by atoms with Crippen molar-refractivity contribution in [3.05, 3.63) is 29.1 Å². The first kappa shape index (κ1) is 14.7. The third kappa shape index (κ3) is 2.74. The Labute approximate surface area is 118 Å². The Balaban J connectivity index is 2.12. The lowest BCUT2D eigenvalue weighted by Gasteiger charge is -2.17. The summed E-state index contributed by atoms with van der Waals surface area (Å²) in [4.78, 5) is 25.1. The maximum Gasteiger partial charge on any atom is 0.299 e. The number of rotatable bonds is 6. The number of carbonyl (C=O) groups is 2. The minimum absolute atomic E-state index is 0.168. The maximum atomic E-state index is 14.0. The Kier molecular flexibility index (Phi) is 4.53. The molecule has 1 aromatic carbocycles. The lowest BCUT2D eigenvalue weighted by molar-refractivity contribution is -0.114. The highest BCUT2D eigenvalue weighted by Gasteiger charge is 2.37. The van der Waals surface area contributed by atoms with Gasteiger partial charge in [0.25, 0.3) is 11.7 Å². The molecule has 0 N–H and O–H groups in total. The maximum absolute atomic E-state index is 14.0. The normalized spacial score (nSPS) is 14.1. The van der Waals surface area contributed by atoms with E-state index < -0.39 is 17.5 Å². The number of fused-ring (bicyclic) bond motifs is 1. The van der Waals surface area contributed by atoms with Crippen LogP contribution in [0.2, 0.25) is 0 Å². The van der Waals surface area contributed by atoms with E-state index in [4.69, 9.17) is 0 Å². The molecular weight excluding hydrogens is 257 g/mol. The molecule has 0 aromatic heterocycles. The van der Waals surface area contributed by atoms with Crippen LogP contribution in [0.4, 0.5) is 10.1 Å². The van der Waals surface area contributed by atoms with Crippen LogP contribution in [0.15, 0.2) is 12.1 Å². The smallest absolute Gasteiger partial charge is 0.299 e. The molecule has 0 saturated heterocycles. The van der Waals surface area contributed by atoms with Gasteiger partial charge in [0, 0.05) is 6.54 Å². The lowest BCUT2D eigenvalue weighted by Crippen LogP contribution is -2.31. The predicted molar refractivity (Wildman–Crippen MR) is 76.6 cm³/mol. The van der Waals surface area contributed by atoms with E-state index in [-0.39, 0.29) is 11.3 Å². The van der Waals surface area contributed by atoms with Crippen molar-refractivity contribution >= 4 is 17.4 Å². The number of hydrogen-bond donors (Lipinski definition) is 0. The monoisotopic (exact) mass is 277 g/mol. The van der Waals surface area contributed by atoms with E-state index in [1.54, 1.807) is 13.0 Å². The van der Waals surface area contributed by atoms with E-state index in [1.165, 1.54) is 11.0 Å². The first-order chi connectivity index (χ1) is 9.56. The molecule has 1 amide bonds. The number of hydrogen-bond acceptors (Lipinski definition) is 2. The van der Waals surface area contributed by atoms with E-state index in [0.717, 1.165) is 32.1 Å². The zero-order chi connectivity index (χ0) is 14.7. The number of nitrogens with zero attached hydrogens (tertiary/aromatic N) is 1. The molecule has 0 atom stereocenters. The van der Waals surface area contributed by atoms with Crippen LogP contribution in [-0.2, 0) is 4.79 Å². The van der Waals surface area contributed by atoms with E-state index in [9.17, 15) is 14.0 Å². The second-order valence-corrected chi connectivity index (χ2v) is 5.34. The van der Waals surface area contributed by atoms with Gasteiger partial charge in [-0.25, -0.2) is 4.39 Å². The Morgan fingerprint density at radius 2 is 1.80 bits per heavy atom. The number of ketones is 1. The molecule has 0 bridgehead atoms. The van der Waals surface area contributed by atoms with Crippen LogP contribution in [0.1, 0.15) is 54.9 Å². The third-order valence-electron chi connectivity index (χ3n) is 3.65. The average Bonchev–Trinajstić information content (AvgIpc) is 2.64. The summed E-state index contributed by atoms with van der Waals surface area (Å²) in [5.74, 6) is -1.66. The summed E-state index contributed by atoms with van der Waals surface area (Å²) in [5.41, 5.74) is 1.04. The summed E-state index contributed by atoms with van der Waals surface area (Å²) >= 11 is 0. The lowest BCUT2D eigenvalue weighted by atomic mass is 10.1. The molecule has 0 aliphatic carbocycles. The molecule has 0 unspecified atom stereocenters. The molecule has 1 aromatic rings. The van der Waals surface area contributed by atoms with Gasteiger partial charge in [-0.1, -0.05) is 32.6 Å². The molecule has 108 valence electrons. The topological polar surface area (TPSA) is 37.4 Å². The highest BCUT2D eigenvalue weighted by molar-refractivity contribution is 6.52. The number of unbranched alkanes of at least 4 members (excludes halogenated alkanes) is 4. The Morgan fingerprint density at radius 1 is 1.10 bits per heavy atom. The van der Waals surface area contributed by atoms with Gasteiger partial charge in [-0.2, -0.15) is 0 Å². The fourth-order valence-corrected chi connectivity index (χ4v) is 2.61.